The molecule has 0 aromatic carbocycles. The molecule has 1 aliphatic rings. The molecule has 25 heavy (non-hydrogen) atoms. The molecule has 2 aromatic heterocycles. The van der Waals surface area contributed by atoms with E-state index in [0.29, 0.717) is 37.6 Å². The second kappa shape index (κ2) is 7.21. The van der Waals surface area contributed by atoms with Crippen LogP contribution in [0.15, 0.2) is 28.9 Å². The number of piperazine rings is 1. The number of pyridine rings is 1. The average molecular weight is 340 g/mol. The van der Waals surface area contributed by atoms with E-state index in [1.54, 1.807) is 23.2 Å². The van der Waals surface area contributed by atoms with Gasteiger partial charge in [-0.2, -0.15) is 5.26 Å². The molecule has 130 valence electrons. The minimum atomic E-state index is -0.195. The molecule has 0 aliphatic carbocycles. The lowest BCUT2D eigenvalue weighted by Gasteiger charge is -2.35. The Morgan fingerprint density at radius 2 is 2.08 bits per heavy atom. The quantitative estimate of drug-likeness (QED) is 0.921. The maximum absolute atomic E-state index is 12.3. The van der Waals surface area contributed by atoms with Crippen molar-refractivity contribution in [3.8, 4) is 6.07 Å². The zero-order valence-corrected chi connectivity index (χ0v) is 14.3. The summed E-state index contributed by atoms with van der Waals surface area (Å²) in [6, 6.07) is 7.19. The number of hydrogen-bond donors (Lipinski definition) is 1. The Bertz CT molecular complexity index is 769. The molecule has 3 heterocycles. The normalized spacial score (nSPS) is 14.5. The fourth-order valence-corrected chi connectivity index (χ4v) is 2.58. The summed E-state index contributed by atoms with van der Waals surface area (Å²) in [5.74, 6) is 1.43. The first-order valence-corrected chi connectivity index (χ1v) is 8.20. The van der Waals surface area contributed by atoms with Gasteiger partial charge in [0.1, 0.15) is 11.9 Å². The van der Waals surface area contributed by atoms with E-state index in [9.17, 15) is 4.79 Å². The van der Waals surface area contributed by atoms with E-state index in [1.807, 2.05) is 19.9 Å². The number of nitriles is 1. The number of amides is 2. The van der Waals surface area contributed by atoms with Gasteiger partial charge in [-0.25, -0.2) is 9.78 Å². The monoisotopic (exact) mass is 340 g/mol. The van der Waals surface area contributed by atoms with Gasteiger partial charge in [0, 0.05) is 38.4 Å². The second-order valence-electron chi connectivity index (χ2n) is 6.19. The maximum Gasteiger partial charge on any atom is 0.324 e. The minimum absolute atomic E-state index is 0.195. The van der Waals surface area contributed by atoms with Gasteiger partial charge < -0.3 is 14.3 Å². The highest BCUT2D eigenvalue weighted by Gasteiger charge is 2.23. The molecule has 2 aromatic rings. The van der Waals surface area contributed by atoms with Gasteiger partial charge in [0.2, 0.25) is 5.88 Å². The third kappa shape index (κ3) is 3.88. The summed E-state index contributed by atoms with van der Waals surface area (Å²) < 4.78 is 5.14. The zero-order chi connectivity index (χ0) is 17.8. The Morgan fingerprint density at radius 1 is 1.32 bits per heavy atom. The Kier molecular flexibility index (Phi) is 4.84. The molecule has 1 saturated heterocycles. The fraction of sp³-hybridized carbons (Fsp3) is 0.412. The van der Waals surface area contributed by atoms with Crippen molar-refractivity contribution in [2.75, 3.05) is 36.4 Å². The van der Waals surface area contributed by atoms with Crippen LogP contribution in [0.3, 0.4) is 0 Å². The summed E-state index contributed by atoms with van der Waals surface area (Å²) in [6.07, 6.45) is 1.56. The number of hydrogen-bond acceptors (Lipinski definition) is 6. The van der Waals surface area contributed by atoms with Gasteiger partial charge in [-0.1, -0.05) is 19.0 Å². The van der Waals surface area contributed by atoms with Crippen LogP contribution in [0.25, 0.3) is 0 Å². The standard InChI is InChI=1S/C17H20N6O2/c1-12(2)14-9-16(25-21-14)20-17(24)23-7-5-22(6-8-23)15-4-3-13(10-18)11-19-15/h3-4,9,11-12H,5-8H2,1-2H3,(H,20,24). The number of carbonyl (C=O) groups excluding carboxylic acids is 1. The molecular formula is C17H20N6O2. The minimum Gasteiger partial charge on any atom is -0.353 e. The van der Waals surface area contributed by atoms with Crippen LogP contribution in [0.2, 0.25) is 0 Å². The van der Waals surface area contributed by atoms with Gasteiger partial charge in [0.15, 0.2) is 0 Å². The van der Waals surface area contributed by atoms with E-state index in [4.69, 9.17) is 9.78 Å². The van der Waals surface area contributed by atoms with Gasteiger partial charge in [-0.3, -0.25) is 5.32 Å². The maximum atomic E-state index is 12.3. The van der Waals surface area contributed by atoms with Crippen LogP contribution in [0.5, 0.6) is 0 Å². The fourth-order valence-electron chi connectivity index (χ4n) is 2.58. The Labute approximate surface area is 146 Å². The summed E-state index contributed by atoms with van der Waals surface area (Å²) in [4.78, 5) is 20.4. The Morgan fingerprint density at radius 3 is 2.64 bits per heavy atom. The van der Waals surface area contributed by atoms with E-state index in [-0.39, 0.29) is 11.9 Å². The van der Waals surface area contributed by atoms with E-state index < -0.39 is 0 Å². The molecule has 0 saturated carbocycles. The van der Waals surface area contributed by atoms with Crippen molar-refractivity contribution in [2.45, 2.75) is 19.8 Å². The lowest BCUT2D eigenvalue weighted by atomic mass is 10.1. The number of aromatic nitrogens is 2. The van der Waals surface area contributed by atoms with Crippen LogP contribution < -0.4 is 10.2 Å². The first kappa shape index (κ1) is 16.8. The van der Waals surface area contributed by atoms with E-state index >= 15 is 0 Å². The highest BCUT2D eigenvalue weighted by atomic mass is 16.5. The predicted molar refractivity (Wildman–Crippen MR) is 92.3 cm³/mol. The molecule has 0 bridgehead atoms. The van der Waals surface area contributed by atoms with Gasteiger partial charge >= 0.3 is 6.03 Å². The van der Waals surface area contributed by atoms with E-state index in [0.717, 1.165) is 11.5 Å². The zero-order valence-electron chi connectivity index (χ0n) is 14.3. The summed E-state index contributed by atoms with van der Waals surface area (Å²) in [6.45, 7) is 6.55. The van der Waals surface area contributed by atoms with Crippen molar-refractivity contribution >= 4 is 17.7 Å². The number of rotatable bonds is 3. The molecular weight excluding hydrogens is 320 g/mol. The van der Waals surface area contributed by atoms with Gasteiger partial charge in [0.25, 0.3) is 0 Å². The summed E-state index contributed by atoms with van der Waals surface area (Å²) >= 11 is 0. The lowest BCUT2D eigenvalue weighted by Crippen LogP contribution is -2.50. The lowest BCUT2D eigenvalue weighted by molar-refractivity contribution is 0.207. The SMILES string of the molecule is CC(C)c1cc(NC(=O)N2CCN(c3ccc(C#N)cn3)CC2)on1. The third-order valence-electron chi connectivity index (χ3n) is 4.12. The molecule has 8 nitrogen and oxygen atoms in total. The molecule has 0 unspecified atom stereocenters. The van der Waals surface area contributed by atoms with Gasteiger partial charge in [0.05, 0.1) is 11.3 Å². The molecule has 0 radical (unpaired) electrons. The smallest absolute Gasteiger partial charge is 0.324 e. The van der Waals surface area contributed by atoms with Crippen LogP contribution in [0.4, 0.5) is 16.5 Å². The van der Waals surface area contributed by atoms with Gasteiger partial charge in [-0.05, 0) is 18.1 Å². The summed E-state index contributed by atoms with van der Waals surface area (Å²) in [5.41, 5.74) is 1.35. The van der Waals surface area contributed by atoms with Gasteiger partial charge in [-0.15, -0.1) is 0 Å². The van der Waals surface area contributed by atoms with Crippen molar-refractivity contribution in [3.63, 3.8) is 0 Å². The molecule has 3 rings (SSSR count). The number of nitrogens with one attached hydrogen (secondary N) is 1. The van der Waals surface area contributed by atoms with E-state index in [1.165, 1.54) is 0 Å². The topological polar surface area (TPSA) is 98.3 Å². The number of anilines is 2. The van der Waals surface area contributed by atoms with Crippen LogP contribution in [-0.2, 0) is 0 Å². The van der Waals surface area contributed by atoms with Crippen LogP contribution >= 0.6 is 0 Å². The number of carbonyl (C=O) groups is 1. The van der Waals surface area contributed by atoms with Crippen molar-refractivity contribution in [1.29, 1.82) is 5.26 Å². The van der Waals surface area contributed by atoms with E-state index in [2.05, 4.69) is 26.4 Å². The first-order chi connectivity index (χ1) is 12.1. The Balaban J connectivity index is 1.54. The average Bonchev–Trinajstić information content (AvgIpc) is 3.11. The molecule has 1 N–H and O–H groups in total. The third-order valence-corrected chi connectivity index (χ3v) is 4.12. The number of urea groups is 1. The van der Waals surface area contributed by atoms with Crippen LogP contribution in [0.1, 0.15) is 31.0 Å². The van der Waals surface area contributed by atoms with Crippen LogP contribution in [-0.4, -0.2) is 47.3 Å². The molecule has 2 amide bonds. The second-order valence-corrected chi connectivity index (χ2v) is 6.19. The highest BCUT2D eigenvalue weighted by molar-refractivity contribution is 5.88. The van der Waals surface area contributed by atoms with Crippen molar-refractivity contribution in [3.05, 3.63) is 35.7 Å². The summed E-state index contributed by atoms with van der Waals surface area (Å²) in [7, 11) is 0. The predicted octanol–water partition coefficient (Wildman–Crippen LogP) is 2.42. The largest absolute Gasteiger partial charge is 0.353 e. The molecule has 8 heteroatoms. The molecule has 1 aliphatic heterocycles. The molecule has 0 spiro atoms. The Hall–Kier alpha value is -3.08. The first-order valence-electron chi connectivity index (χ1n) is 8.20. The molecule has 0 atom stereocenters. The number of nitrogens with zero attached hydrogens (tertiary/aromatic N) is 5. The van der Waals surface area contributed by atoms with Crippen molar-refractivity contribution in [1.82, 2.24) is 15.0 Å². The highest BCUT2D eigenvalue weighted by Crippen LogP contribution is 2.18. The molecule has 1 fully saturated rings. The van der Waals surface area contributed by atoms with Crippen molar-refractivity contribution in [2.24, 2.45) is 0 Å². The van der Waals surface area contributed by atoms with Crippen LogP contribution in [0, 0.1) is 11.3 Å². The van der Waals surface area contributed by atoms with Crippen molar-refractivity contribution < 1.29 is 9.32 Å². The summed E-state index contributed by atoms with van der Waals surface area (Å²) in [5, 5.41) is 15.5.